The van der Waals surface area contributed by atoms with E-state index in [0.717, 1.165) is 65.4 Å². The average Bonchev–Trinajstić information content (AvgIpc) is 2.79. The van der Waals surface area contributed by atoms with Gasteiger partial charge < -0.3 is 15.1 Å². The first kappa shape index (κ1) is 25.8. The zero-order valence-corrected chi connectivity index (χ0v) is 20.5. The molecule has 4 rings (SSSR count). The second-order valence-corrected chi connectivity index (χ2v) is 8.25. The first-order valence-electron chi connectivity index (χ1n) is 11.4. The molecule has 2 aromatic carbocycles. The maximum absolute atomic E-state index is 11.1. The summed E-state index contributed by atoms with van der Waals surface area (Å²) in [7, 11) is 0. The lowest BCUT2D eigenvalue weighted by Gasteiger charge is -2.26. The molecular formula is C27H35N3O3. The van der Waals surface area contributed by atoms with Crippen LogP contribution in [0.25, 0.3) is 11.3 Å². The first-order valence-corrected chi connectivity index (χ1v) is 11.4. The number of fused-ring (bicyclic) bond motifs is 1. The van der Waals surface area contributed by atoms with Gasteiger partial charge in [0.1, 0.15) is 17.3 Å². The summed E-state index contributed by atoms with van der Waals surface area (Å²) in [6, 6.07) is 10.8. The molecule has 3 aromatic rings. The van der Waals surface area contributed by atoms with Crippen molar-refractivity contribution >= 4 is 12.1 Å². The Morgan fingerprint density at radius 2 is 1.70 bits per heavy atom. The predicted octanol–water partition coefficient (Wildman–Crippen LogP) is 5.80. The first-order chi connectivity index (χ1) is 15.7. The van der Waals surface area contributed by atoms with Crippen molar-refractivity contribution in [3.8, 4) is 22.8 Å². The van der Waals surface area contributed by atoms with Gasteiger partial charge in [-0.3, -0.25) is 4.79 Å². The molecule has 0 saturated heterocycles. The van der Waals surface area contributed by atoms with Gasteiger partial charge in [0, 0.05) is 29.6 Å². The smallest absolute Gasteiger partial charge is 0.214 e. The van der Waals surface area contributed by atoms with Crippen molar-refractivity contribution in [1.82, 2.24) is 9.97 Å². The van der Waals surface area contributed by atoms with Gasteiger partial charge in [0.2, 0.25) is 6.41 Å². The van der Waals surface area contributed by atoms with Crippen molar-refractivity contribution in [1.29, 1.82) is 0 Å². The third-order valence-corrected chi connectivity index (χ3v) is 5.33. The summed E-state index contributed by atoms with van der Waals surface area (Å²) in [6.45, 7) is 12.8. The van der Waals surface area contributed by atoms with E-state index in [1.54, 1.807) is 17.9 Å². The number of amides is 1. The number of hydrogen-bond donors (Lipinski definition) is 2. The number of nitrogens with zero attached hydrogens (tertiary/aromatic N) is 3. The predicted molar refractivity (Wildman–Crippen MR) is 134 cm³/mol. The van der Waals surface area contributed by atoms with Crippen LogP contribution in [0, 0.1) is 27.7 Å². The number of phenolic OH excluding ortho intramolecular Hbond substituents is 2. The molecule has 2 N–H and O–H groups in total. The van der Waals surface area contributed by atoms with Gasteiger partial charge in [0.05, 0.1) is 5.69 Å². The summed E-state index contributed by atoms with van der Waals surface area (Å²) in [5.74, 6) is 1.02. The highest BCUT2D eigenvalue weighted by Crippen LogP contribution is 2.31. The lowest BCUT2D eigenvalue weighted by molar-refractivity contribution is -0.107. The number of carbonyl (C=O) groups is 1. The molecule has 0 unspecified atom stereocenters. The summed E-state index contributed by atoms with van der Waals surface area (Å²) >= 11 is 0. The minimum atomic E-state index is 0.0955. The number of aromatic hydroxyl groups is 2. The van der Waals surface area contributed by atoms with Crippen LogP contribution in [0.4, 0.5) is 5.69 Å². The molecule has 176 valence electrons. The molecule has 0 spiro atoms. The van der Waals surface area contributed by atoms with E-state index in [9.17, 15) is 4.79 Å². The molecule has 33 heavy (non-hydrogen) atoms. The van der Waals surface area contributed by atoms with E-state index in [1.807, 2.05) is 19.9 Å². The van der Waals surface area contributed by atoms with Crippen LogP contribution < -0.4 is 4.90 Å². The molecule has 1 aliphatic heterocycles. The van der Waals surface area contributed by atoms with Crippen LogP contribution in [-0.2, 0) is 11.2 Å². The van der Waals surface area contributed by atoms with Crippen LogP contribution >= 0.6 is 0 Å². The minimum absolute atomic E-state index is 0.0955. The number of carbonyl (C=O) groups excluding carboxylic acids is 1. The Hall–Kier alpha value is -3.41. The van der Waals surface area contributed by atoms with Gasteiger partial charge in [-0.1, -0.05) is 32.4 Å². The van der Waals surface area contributed by atoms with Crippen LogP contribution in [-0.4, -0.2) is 33.1 Å². The Kier molecular flexibility index (Phi) is 9.40. The van der Waals surface area contributed by atoms with E-state index >= 15 is 0 Å². The summed E-state index contributed by atoms with van der Waals surface area (Å²) in [6.07, 6.45) is 4.19. The summed E-state index contributed by atoms with van der Waals surface area (Å²) in [5, 5.41) is 17.7. The zero-order chi connectivity index (χ0) is 24.5. The second-order valence-electron chi connectivity index (χ2n) is 8.25. The van der Waals surface area contributed by atoms with Crippen LogP contribution in [0.15, 0.2) is 36.4 Å². The van der Waals surface area contributed by atoms with Gasteiger partial charge in [-0.25, -0.2) is 9.97 Å². The quantitative estimate of drug-likeness (QED) is 0.483. The Morgan fingerprint density at radius 3 is 2.30 bits per heavy atom. The third kappa shape index (κ3) is 6.78. The number of hydrogen-bond acceptors (Lipinski definition) is 5. The molecule has 0 aliphatic carbocycles. The molecular weight excluding hydrogens is 414 g/mol. The minimum Gasteiger partial charge on any atom is -0.508 e. The fraction of sp³-hybridized carbons (Fsp3) is 0.370. The monoisotopic (exact) mass is 449 g/mol. The Balaban J connectivity index is 0.000000267. The molecule has 0 fully saturated rings. The van der Waals surface area contributed by atoms with E-state index < -0.39 is 0 Å². The molecule has 6 nitrogen and oxygen atoms in total. The molecule has 6 heteroatoms. The normalized spacial score (nSPS) is 12.0. The highest BCUT2D eigenvalue weighted by atomic mass is 16.3. The second kappa shape index (κ2) is 12.0. The fourth-order valence-corrected chi connectivity index (χ4v) is 3.53. The van der Waals surface area contributed by atoms with E-state index in [0.29, 0.717) is 0 Å². The van der Waals surface area contributed by atoms with Gasteiger partial charge in [0.25, 0.3) is 0 Å². The highest BCUT2D eigenvalue weighted by Gasteiger charge is 2.18. The number of benzene rings is 2. The standard InChI is InChI=1S/C17H19N3O.C7H8O2.C3H8/c1-11-12(2)18-13(3)19-17(11)15-6-7-16-14(9-15)5-4-8-20(16)10-21;1-5-2-3-6(8)4-7(5)9;1-3-2/h6-7,9-10H,4-5,8H2,1-3H3;2-4,8-9H,1H3;3H2,1-2H3. The molecule has 2 heterocycles. The van der Waals surface area contributed by atoms with E-state index in [-0.39, 0.29) is 11.5 Å². The average molecular weight is 450 g/mol. The molecule has 0 radical (unpaired) electrons. The van der Waals surface area contributed by atoms with Gasteiger partial charge in [-0.15, -0.1) is 0 Å². The van der Waals surface area contributed by atoms with Gasteiger partial charge in [-0.2, -0.15) is 0 Å². The number of phenols is 2. The molecule has 0 saturated carbocycles. The largest absolute Gasteiger partial charge is 0.508 e. The van der Waals surface area contributed by atoms with Crippen molar-refractivity contribution in [2.75, 3.05) is 11.4 Å². The lowest BCUT2D eigenvalue weighted by atomic mass is 9.97. The summed E-state index contributed by atoms with van der Waals surface area (Å²) < 4.78 is 0. The zero-order valence-electron chi connectivity index (χ0n) is 20.5. The van der Waals surface area contributed by atoms with E-state index in [4.69, 9.17) is 10.2 Å². The number of anilines is 1. The van der Waals surface area contributed by atoms with E-state index in [1.165, 1.54) is 24.1 Å². The van der Waals surface area contributed by atoms with Gasteiger partial charge >= 0.3 is 0 Å². The van der Waals surface area contributed by atoms with Crippen molar-refractivity contribution in [2.45, 2.75) is 60.8 Å². The SMILES string of the molecule is CCC.Cc1ccc(O)cc1O.Cc1nc(C)c(C)c(-c2ccc3c(c2)CCCN3C=O)n1. The summed E-state index contributed by atoms with van der Waals surface area (Å²) in [4.78, 5) is 21.9. The van der Waals surface area contributed by atoms with Gasteiger partial charge in [0.15, 0.2) is 0 Å². The van der Waals surface area contributed by atoms with Crippen LogP contribution in [0.5, 0.6) is 11.5 Å². The highest BCUT2D eigenvalue weighted by molar-refractivity contribution is 5.80. The van der Waals surface area contributed by atoms with Crippen molar-refractivity contribution in [3.05, 3.63) is 64.6 Å². The van der Waals surface area contributed by atoms with Crippen molar-refractivity contribution < 1.29 is 15.0 Å². The Labute approximate surface area is 197 Å². The van der Waals surface area contributed by atoms with Crippen molar-refractivity contribution in [3.63, 3.8) is 0 Å². The Morgan fingerprint density at radius 1 is 1.00 bits per heavy atom. The number of aryl methyl sites for hydroxylation is 4. The lowest BCUT2D eigenvalue weighted by Crippen LogP contribution is -2.27. The Bertz CT molecular complexity index is 1100. The topological polar surface area (TPSA) is 86.5 Å². The maximum atomic E-state index is 11.1. The maximum Gasteiger partial charge on any atom is 0.214 e. The molecule has 0 atom stereocenters. The van der Waals surface area contributed by atoms with Crippen LogP contribution in [0.2, 0.25) is 0 Å². The fourth-order valence-electron chi connectivity index (χ4n) is 3.53. The summed E-state index contributed by atoms with van der Waals surface area (Å²) in [5.41, 5.74) is 7.25. The third-order valence-electron chi connectivity index (χ3n) is 5.33. The van der Waals surface area contributed by atoms with Crippen LogP contribution in [0.1, 0.15) is 54.9 Å². The molecule has 0 bridgehead atoms. The number of aromatic nitrogens is 2. The molecule has 1 aromatic heterocycles. The molecule has 1 aliphatic rings. The van der Waals surface area contributed by atoms with E-state index in [2.05, 4.69) is 42.9 Å². The van der Waals surface area contributed by atoms with Gasteiger partial charge in [-0.05, 0) is 75.4 Å². The number of rotatable bonds is 2. The molecule has 1 amide bonds. The van der Waals surface area contributed by atoms with Crippen molar-refractivity contribution in [2.24, 2.45) is 0 Å². The van der Waals surface area contributed by atoms with Crippen LogP contribution in [0.3, 0.4) is 0 Å².